The lowest BCUT2D eigenvalue weighted by Crippen LogP contribution is -2.30. The summed E-state index contributed by atoms with van der Waals surface area (Å²) in [6.07, 6.45) is -1.42. The van der Waals surface area contributed by atoms with Gasteiger partial charge in [0, 0.05) is 12.6 Å². The second-order valence-electron chi connectivity index (χ2n) is 6.78. The summed E-state index contributed by atoms with van der Waals surface area (Å²) in [5.41, 5.74) is 7.32. The molecule has 0 fully saturated rings. The van der Waals surface area contributed by atoms with E-state index in [-0.39, 0.29) is 11.6 Å². The molecule has 0 radical (unpaired) electrons. The Balaban J connectivity index is 1.65. The van der Waals surface area contributed by atoms with Crippen molar-refractivity contribution in [3.8, 4) is 0 Å². The van der Waals surface area contributed by atoms with Gasteiger partial charge in [0.1, 0.15) is 11.3 Å². The van der Waals surface area contributed by atoms with E-state index in [1.807, 2.05) is 0 Å². The largest absolute Gasteiger partial charge is 0.435 e. The summed E-state index contributed by atoms with van der Waals surface area (Å²) >= 11 is 0. The normalized spacial score (nSPS) is 13.0. The monoisotopic (exact) mass is 415 g/mol. The molecule has 0 bridgehead atoms. The number of carbonyl (C=O) groups is 1. The summed E-state index contributed by atoms with van der Waals surface area (Å²) in [4.78, 5) is 22.8. The van der Waals surface area contributed by atoms with Gasteiger partial charge in [-0.05, 0) is 37.3 Å². The molecule has 3 heterocycles. The lowest BCUT2D eigenvalue weighted by molar-refractivity contribution is -0.141. The highest BCUT2D eigenvalue weighted by Gasteiger charge is 2.33. The summed E-state index contributed by atoms with van der Waals surface area (Å²) < 4.78 is 39.8. The summed E-state index contributed by atoms with van der Waals surface area (Å²) in [6.45, 7) is 1.66. The first-order valence-electron chi connectivity index (χ1n) is 8.86. The first kappa shape index (κ1) is 19.6. The van der Waals surface area contributed by atoms with Crippen molar-refractivity contribution in [2.75, 3.05) is 12.8 Å². The zero-order valence-electron chi connectivity index (χ0n) is 15.9. The Bertz CT molecular complexity index is 1250. The number of nitrogens with two attached hydrogens (primary N) is 1. The number of imidazole rings is 1. The minimum atomic E-state index is -4.57. The molecule has 1 aromatic carbocycles. The van der Waals surface area contributed by atoms with Gasteiger partial charge < -0.3 is 10.6 Å². The Morgan fingerprint density at radius 2 is 1.93 bits per heavy atom. The molecule has 0 aliphatic heterocycles. The van der Waals surface area contributed by atoms with Crippen LogP contribution in [0.15, 0.2) is 42.9 Å². The van der Waals surface area contributed by atoms with Crippen LogP contribution in [0.25, 0.3) is 16.6 Å². The standard InChI is InChI=1S/C19H16F3N7O/c1-10(12-5-6-16(27-26-12)19(20,21)22)28(2)18(30)11-3-4-13-14(7-11)29-9-24-8-15(29)17(23)25-13/h3-10H,1-2H3,(H2,23,25)/t10-/m0/s1. The summed E-state index contributed by atoms with van der Waals surface area (Å²) in [7, 11) is 1.55. The van der Waals surface area contributed by atoms with Crippen LogP contribution >= 0.6 is 0 Å². The van der Waals surface area contributed by atoms with Crippen molar-refractivity contribution in [3.05, 3.63) is 59.8 Å². The smallest absolute Gasteiger partial charge is 0.382 e. The predicted molar refractivity (Wildman–Crippen MR) is 102 cm³/mol. The molecule has 3 aromatic heterocycles. The average molecular weight is 415 g/mol. The van der Waals surface area contributed by atoms with Crippen LogP contribution in [0.4, 0.5) is 19.0 Å². The number of nitrogens with zero attached hydrogens (tertiary/aromatic N) is 6. The molecule has 0 saturated carbocycles. The van der Waals surface area contributed by atoms with Gasteiger partial charge in [0.2, 0.25) is 0 Å². The van der Waals surface area contributed by atoms with E-state index in [9.17, 15) is 18.0 Å². The van der Waals surface area contributed by atoms with Crippen molar-refractivity contribution < 1.29 is 18.0 Å². The fourth-order valence-corrected chi connectivity index (χ4v) is 3.10. The Hall–Kier alpha value is -3.76. The third-order valence-electron chi connectivity index (χ3n) is 4.93. The first-order valence-corrected chi connectivity index (χ1v) is 8.86. The Morgan fingerprint density at radius 3 is 2.60 bits per heavy atom. The molecule has 154 valence electrons. The third kappa shape index (κ3) is 3.27. The van der Waals surface area contributed by atoms with E-state index in [0.29, 0.717) is 27.9 Å². The van der Waals surface area contributed by atoms with Crippen LogP contribution in [0.1, 0.15) is 34.7 Å². The quantitative estimate of drug-likeness (QED) is 0.552. The maximum absolute atomic E-state index is 13.0. The average Bonchev–Trinajstić information content (AvgIpc) is 3.22. The number of hydrogen-bond donors (Lipinski definition) is 1. The predicted octanol–water partition coefficient (Wildman–Crippen LogP) is 3.11. The van der Waals surface area contributed by atoms with Crippen molar-refractivity contribution in [2.45, 2.75) is 19.1 Å². The minimum Gasteiger partial charge on any atom is -0.382 e. The van der Waals surface area contributed by atoms with Gasteiger partial charge in [-0.3, -0.25) is 9.20 Å². The van der Waals surface area contributed by atoms with Crippen LogP contribution in [0.5, 0.6) is 0 Å². The fourth-order valence-electron chi connectivity index (χ4n) is 3.10. The lowest BCUT2D eigenvalue weighted by atomic mass is 10.1. The number of hydrogen-bond acceptors (Lipinski definition) is 6. The van der Waals surface area contributed by atoms with E-state index in [4.69, 9.17) is 5.73 Å². The van der Waals surface area contributed by atoms with Gasteiger partial charge in [-0.25, -0.2) is 9.97 Å². The summed E-state index contributed by atoms with van der Waals surface area (Å²) in [5.74, 6) is -0.0121. The fraction of sp³-hybridized carbons (Fsp3) is 0.211. The molecule has 0 aliphatic carbocycles. The second kappa shape index (κ2) is 6.94. The molecule has 4 rings (SSSR count). The molecule has 8 nitrogen and oxygen atoms in total. The number of amides is 1. The highest BCUT2D eigenvalue weighted by molar-refractivity contribution is 5.98. The SMILES string of the molecule is C[C@@H](c1ccc(C(F)(F)F)nn1)N(C)C(=O)c1ccc2nc(N)c3cncn3c2c1. The van der Waals surface area contributed by atoms with Crippen molar-refractivity contribution in [3.63, 3.8) is 0 Å². The Labute approximate surface area is 168 Å². The second-order valence-corrected chi connectivity index (χ2v) is 6.78. The number of aromatic nitrogens is 5. The lowest BCUT2D eigenvalue weighted by Gasteiger charge is -2.24. The number of rotatable bonds is 3. The van der Waals surface area contributed by atoms with Gasteiger partial charge in [-0.1, -0.05) is 0 Å². The highest BCUT2D eigenvalue weighted by atomic mass is 19.4. The van der Waals surface area contributed by atoms with Gasteiger partial charge >= 0.3 is 6.18 Å². The number of anilines is 1. The highest BCUT2D eigenvalue weighted by Crippen LogP contribution is 2.28. The molecular formula is C19H16F3N7O. The number of nitrogen functional groups attached to an aromatic ring is 1. The van der Waals surface area contributed by atoms with Crippen LogP contribution in [0.3, 0.4) is 0 Å². The van der Waals surface area contributed by atoms with E-state index < -0.39 is 17.9 Å². The molecule has 0 saturated heterocycles. The van der Waals surface area contributed by atoms with E-state index in [0.717, 1.165) is 6.07 Å². The van der Waals surface area contributed by atoms with Crippen LogP contribution in [0, 0.1) is 0 Å². The van der Waals surface area contributed by atoms with Crippen LogP contribution in [-0.4, -0.2) is 42.4 Å². The molecule has 0 spiro atoms. The summed E-state index contributed by atoms with van der Waals surface area (Å²) in [5, 5.41) is 6.86. The van der Waals surface area contributed by atoms with E-state index in [1.54, 1.807) is 49.1 Å². The zero-order valence-corrected chi connectivity index (χ0v) is 15.9. The number of fused-ring (bicyclic) bond motifs is 3. The van der Waals surface area contributed by atoms with Crippen molar-refractivity contribution in [1.29, 1.82) is 0 Å². The molecule has 0 aliphatic rings. The van der Waals surface area contributed by atoms with Crippen molar-refractivity contribution in [1.82, 2.24) is 29.5 Å². The van der Waals surface area contributed by atoms with Crippen molar-refractivity contribution in [2.24, 2.45) is 0 Å². The number of benzene rings is 1. The molecule has 1 amide bonds. The minimum absolute atomic E-state index is 0.242. The van der Waals surface area contributed by atoms with Crippen LogP contribution < -0.4 is 5.73 Å². The van der Waals surface area contributed by atoms with E-state index in [2.05, 4.69) is 20.2 Å². The Kier molecular flexibility index (Phi) is 4.52. The molecule has 0 unspecified atom stereocenters. The molecular weight excluding hydrogens is 399 g/mol. The Morgan fingerprint density at radius 1 is 1.17 bits per heavy atom. The van der Waals surface area contributed by atoms with Gasteiger partial charge in [0.05, 0.1) is 35.3 Å². The van der Waals surface area contributed by atoms with Crippen LogP contribution in [0.2, 0.25) is 0 Å². The summed E-state index contributed by atoms with van der Waals surface area (Å²) in [6, 6.07) is 6.42. The van der Waals surface area contributed by atoms with E-state index >= 15 is 0 Å². The number of carbonyl (C=O) groups excluding carboxylic acids is 1. The van der Waals surface area contributed by atoms with Crippen LogP contribution in [-0.2, 0) is 6.18 Å². The molecule has 30 heavy (non-hydrogen) atoms. The van der Waals surface area contributed by atoms with Crippen molar-refractivity contribution >= 4 is 28.3 Å². The van der Waals surface area contributed by atoms with E-state index in [1.165, 1.54) is 11.0 Å². The first-order chi connectivity index (χ1) is 14.2. The van der Waals surface area contributed by atoms with Gasteiger partial charge in [-0.15, -0.1) is 5.10 Å². The maximum Gasteiger partial charge on any atom is 0.435 e. The molecule has 1 atom stereocenters. The molecule has 11 heteroatoms. The number of alkyl halides is 3. The molecule has 4 aromatic rings. The van der Waals surface area contributed by atoms with Gasteiger partial charge in [0.15, 0.2) is 5.69 Å². The zero-order chi connectivity index (χ0) is 21.6. The van der Waals surface area contributed by atoms with Gasteiger partial charge in [0.25, 0.3) is 5.91 Å². The number of halogens is 3. The maximum atomic E-state index is 13.0. The topological polar surface area (TPSA) is 102 Å². The van der Waals surface area contributed by atoms with Gasteiger partial charge in [-0.2, -0.15) is 18.3 Å². The molecule has 2 N–H and O–H groups in total. The third-order valence-corrected chi connectivity index (χ3v) is 4.93.